The van der Waals surface area contributed by atoms with Crippen LogP contribution in [0.15, 0.2) is 47.1 Å². The van der Waals surface area contributed by atoms with Crippen LogP contribution in [-0.4, -0.2) is 25.2 Å². The largest absolute Gasteiger partial charge is 0.497 e. The number of aromatic nitrogens is 1. The molecule has 20 heavy (non-hydrogen) atoms. The van der Waals surface area contributed by atoms with Gasteiger partial charge in [-0.1, -0.05) is 6.07 Å². The second-order valence-corrected chi connectivity index (χ2v) is 5.16. The molecule has 5 heteroatoms. The molecular formula is C15H18BrN3O. The molecule has 0 atom stereocenters. The van der Waals surface area contributed by atoms with Crippen LogP contribution in [0.4, 0.5) is 11.5 Å². The molecule has 0 saturated carbocycles. The molecule has 0 radical (unpaired) electrons. The lowest BCUT2D eigenvalue weighted by molar-refractivity contribution is 0.415. The number of rotatable bonds is 6. The van der Waals surface area contributed by atoms with Crippen molar-refractivity contribution in [2.24, 2.45) is 5.73 Å². The second-order valence-electron chi connectivity index (χ2n) is 4.30. The van der Waals surface area contributed by atoms with Crippen LogP contribution in [0.5, 0.6) is 5.75 Å². The summed E-state index contributed by atoms with van der Waals surface area (Å²) in [4.78, 5) is 6.60. The van der Waals surface area contributed by atoms with E-state index < -0.39 is 0 Å². The van der Waals surface area contributed by atoms with Crippen molar-refractivity contribution in [1.82, 2.24) is 4.98 Å². The van der Waals surface area contributed by atoms with Crippen molar-refractivity contribution in [2.75, 3.05) is 25.1 Å². The van der Waals surface area contributed by atoms with Gasteiger partial charge in [0.1, 0.15) is 11.6 Å². The molecular weight excluding hydrogens is 318 g/mol. The number of nitrogens with two attached hydrogens (primary N) is 1. The average molecular weight is 336 g/mol. The molecule has 0 saturated heterocycles. The first-order valence-electron chi connectivity index (χ1n) is 6.48. The van der Waals surface area contributed by atoms with Crippen molar-refractivity contribution in [1.29, 1.82) is 0 Å². The summed E-state index contributed by atoms with van der Waals surface area (Å²) in [5.41, 5.74) is 6.68. The maximum absolute atomic E-state index is 5.64. The van der Waals surface area contributed by atoms with E-state index in [0.717, 1.165) is 34.7 Å². The molecule has 0 amide bonds. The zero-order valence-electron chi connectivity index (χ0n) is 11.4. The van der Waals surface area contributed by atoms with Gasteiger partial charge < -0.3 is 15.4 Å². The summed E-state index contributed by atoms with van der Waals surface area (Å²) in [6.45, 7) is 1.45. The monoisotopic (exact) mass is 335 g/mol. The van der Waals surface area contributed by atoms with Crippen LogP contribution >= 0.6 is 15.9 Å². The molecule has 0 spiro atoms. The van der Waals surface area contributed by atoms with Crippen LogP contribution in [0.2, 0.25) is 0 Å². The summed E-state index contributed by atoms with van der Waals surface area (Å²) in [6, 6.07) is 11.8. The Hall–Kier alpha value is -1.59. The van der Waals surface area contributed by atoms with Gasteiger partial charge in [-0.05, 0) is 53.2 Å². The first kappa shape index (κ1) is 14.8. The highest BCUT2D eigenvalue weighted by molar-refractivity contribution is 9.10. The van der Waals surface area contributed by atoms with Crippen molar-refractivity contribution in [3.63, 3.8) is 0 Å². The van der Waals surface area contributed by atoms with Crippen LogP contribution < -0.4 is 15.4 Å². The molecule has 0 aliphatic carbocycles. The van der Waals surface area contributed by atoms with Crippen LogP contribution in [0.25, 0.3) is 0 Å². The summed E-state index contributed by atoms with van der Waals surface area (Å²) < 4.78 is 6.25. The van der Waals surface area contributed by atoms with Gasteiger partial charge in [-0.25, -0.2) is 4.98 Å². The van der Waals surface area contributed by atoms with Gasteiger partial charge >= 0.3 is 0 Å². The number of nitrogens with zero attached hydrogens (tertiary/aromatic N) is 2. The van der Waals surface area contributed by atoms with Gasteiger partial charge in [0.15, 0.2) is 0 Å². The van der Waals surface area contributed by atoms with Crippen molar-refractivity contribution in [3.05, 3.63) is 47.1 Å². The number of benzene rings is 1. The minimum Gasteiger partial charge on any atom is -0.497 e. The number of ether oxygens (including phenoxy) is 1. The van der Waals surface area contributed by atoms with Gasteiger partial charge in [0.25, 0.3) is 0 Å². The smallest absolute Gasteiger partial charge is 0.147 e. The Morgan fingerprint density at radius 1 is 1.30 bits per heavy atom. The SMILES string of the molecule is COc1cccc(N(CCCN)c2ncccc2Br)c1. The lowest BCUT2D eigenvalue weighted by Gasteiger charge is -2.25. The molecule has 106 valence electrons. The van der Waals surface area contributed by atoms with Gasteiger partial charge in [-0.15, -0.1) is 0 Å². The van der Waals surface area contributed by atoms with Crippen molar-refractivity contribution in [3.8, 4) is 5.75 Å². The number of halogens is 1. The van der Waals surface area contributed by atoms with E-state index in [2.05, 4.69) is 25.8 Å². The van der Waals surface area contributed by atoms with Gasteiger partial charge in [-0.3, -0.25) is 0 Å². The summed E-state index contributed by atoms with van der Waals surface area (Å²) in [5.74, 6) is 1.71. The minimum atomic E-state index is 0.644. The van der Waals surface area contributed by atoms with Gasteiger partial charge in [0.05, 0.1) is 11.6 Å². The molecule has 0 fully saturated rings. The molecule has 1 aromatic carbocycles. The molecule has 2 aromatic rings. The van der Waals surface area contributed by atoms with Crippen molar-refractivity contribution >= 4 is 27.4 Å². The zero-order chi connectivity index (χ0) is 14.4. The Balaban J connectivity index is 2.38. The summed E-state index contributed by atoms with van der Waals surface area (Å²) in [7, 11) is 1.67. The number of hydrogen-bond donors (Lipinski definition) is 1. The van der Waals surface area contributed by atoms with E-state index >= 15 is 0 Å². The molecule has 1 aromatic heterocycles. The topological polar surface area (TPSA) is 51.4 Å². The molecule has 0 bridgehead atoms. The third-order valence-corrected chi connectivity index (χ3v) is 3.56. The number of methoxy groups -OCH3 is 1. The van der Waals surface area contributed by atoms with Crippen LogP contribution in [-0.2, 0) is 0 Å². The second kappa shape index (κ2) is 7.26. The fourth-order valence-electron chi connectivity index (χ4n) is 1.96. The summed E-state index contributed by atoms with van der Waals surface area (Å²) >= 11 is 3.56. The first-order valence-corrected chi connectivity index (χ1v) is 7.27. The number of anilines is 2. The highest BCUT2D eigenvalue weighted by Crippen LogP contribution is 2.31. The Morgan fingerprint density at radius 2 is 2.15 bits per heavy atom. The van der Waals surface area contributed by atoms with Gasteiger partial charge in [0, 0.05) is 24.5 Å². The van der Waals surface area contributed by atoms with E-state index in [9.17, 15) is 0 Å². The standard InChI is InChI=1S/C15H18BrN3O/c1-20-13-6-2-5-12(11-13)19(10-4-8-17)15-14(16)7-3-9-18-15/h2-3,5-7,9,11H,4,8,10,17H2,1H3. The van der Waals surface area contributed by atoms with Gasteiger partial charge in [0.2, 0.25) is 0 Å². The molecule has 1 heterocycles. The molecule has 2 N–H and O–H groups in total. The van der Waals surface area contributed by atoms with Crippen LogP contribution in [0, 0.1) is 0 Å². The number of pyridine rings is 1. The van der Waals surface area contributed by atoms with Crippen molar-refractivity contribution in [2.45, 2.75) is 6.42 Å². The molecule has 0 aliphatic rings. The van der Waals surface area contributed by atoms with E-state index in [0.29, 0.717) is 6.54 Å². The number of hydrogen-bond acceptors (Lipinski definition) is 4. The third-order valence-electron chi connectivity index (χ3n) is 2.95. The Kier molecular flexibility index (Phi) is 5.38. The van der Waals surface area contributed by atoms with E-state index in [1.807, 2.05) is 36.4 Å². The van der Waals surface area contributed by atoms with E-state index in [-0.39, 0.29) is 0 Å². The molecule has 4 nitrogen and oxygen atoms in total. The minimum absolute atomic E-state index is 0.644. The Morgan fingerprint density at radius 3 is 2.85 bits per heavy atom. The van der Waals surface area contributed by atoms with E-state index in [1.54, 1.807) is 13.3 Å². The molecule has 0 aliphatic heterocycles. The zero-order valence-corrected chi connectivity index (χ0v) is 13.0. The summed E-state index contributed by atoms with van der Waals surface area (Å²) in [6.07, 6.45) is 2.68. The van der Waals surface area contributed by atoms with Gasteiger partial charge in [-0.2, -0.15) is 0 Å². The quantitative estimate of drug-likeness (QED) is 0.879. The van der Waals surface area contributed by atoms with Crippen LogP contribution in [0.1, 0.15) is 6.42 Å². The fraction of sp³-hybridized carbons (Fsp3) is 0.267. The lowest BCUT2D eigenvalue weighted by Crippen LogP contribution is -2.22. The predicted molar refractivity (Wildman–Crippen MR) is 85.6 cm³/mol. The predicted octanol–water partition coefficient (Wildman–Crippen LogP) is 3.34. The lowest BCUT2D eigenvalue weighted by atomic mass is 10.2. The molecule has 2 rings (SSSR count). The Labute approximate surface area is 127 Å². The average Bonchev–Trinajstić information content (AvgIpc) is 2.49. The summed E-state index contributed by atoms with van der Waals surface area (Å²) in [5, 5.41) is 0. The maximum atomic E-state index is 5.64. The van der Waals surface area contributed by atoms with Crippen LogP contribution in [0.3, 0.4) is 0 Å². The highest BCUT2D eigenvalue weighted by Gasteiger charge is 2.13. The molecule has 0 unspecified atom stereocenters. The normalized spacial score (nSPS) is 10.3. The Bertz CT molecular complexity index is 562. The maximum Gasteiger partial charge on any atom is 0.147 e. The van der Waals surface area contributed by atoms with Crippen molar-refractivity contribution < 1.29 is 4.74 Å². The fourth-order valence-corrected chi connectivity index (χ4v) is 2.43. The third kappa shape index (κ3) is 3.49. The first-order chi connectivity index (χ1) is 9.76. The highest BCUT2D eigenvalue weighted by atomic mass is 79.9. The van der Waals surface area contributed by atoms with E-state index in [4.69, 9.17) is 10.5 Å². The van der Waals surface area contributed by atoms with E-state index in [1.165, 1.54) is 0 Å².